The molecule has 0 bridgehead atoms. The van der Waals surface area contributed by atoms with E-state index in [1.54, 1.807) is 0 Å². The lowest BCUT2D eigenvalue weighted by Gasteiger charge is -2.31. The van der Waals surface area contributed by atoms with Crippen molar-refractivity contribution in [2.75, 3.05) is 11.5 Å². The van der Waals surface area contributed by atoms with Crippen molar-refractivity contribution in [3.63, 3.8) is 0 Å². The first kappa shape index (κ1) is 11.2. The van der Waals surface area contributed by atoms with Crippen LogP contribution in [-0.2, 0) is 21.8 Å². The molecule has 0 saturated carbocycles. The summed E-state index contributed by atoms with van der Waals surface area (Å²) < 4.78 is 23.2. The highest BCUT2D eigenvalue weighted by Crippen LogP contribution is 2.44. The lowest BCUT2D eigenvalue weighted by atomic mass is 9.79. The van der Waals surface area contributed by atoms with Crippen LogP contribution in [0.15, 0.2) is 24.3 Å². The summed E-state index contributed by atoms with van der Waals surface area (Å²) in [6.07, 6.45) is 2.57. The maximum atomic E-state index is 11.6. The van der Waals surface area contributed by atoms with Crippen molar-refractivity contribution < 1.29 is 8.42 Å². The highest BCUT2D eigenvalue weighted by Gasteiger charge is 2.46. The first-order valence-electron chi connectivity index (χ1n) is 6.09. The van der Waals surface area contributed by atoms with Gasteiger partial charge in [0.15, 0.2) is 9.84 Å². The number of benzene rings is 1. The van der Waals surface area contributed by atoms with Crippen molar-refractivity contribution in [1.82, 2.24) is 0 Å². The van der Waals surface area contributed by atoms with Crippen molar-refractivity contribution in [2.45, 2.75) is 24.8 Å². The molecule has 2 N–H and O–H groups in total. The average molecular weight is 251 g/mol. The van der Waals surface area contributed by atoms with E-state index in [1.165, 1.54) is 11.1 Å². The van der Waals surface area contributed by atoms with Crippen LogP contribution < -0.4 is 5.73 Å². The smallest absolute Gasteiger partial charge is 0.150 e. The molecular weight excluding hydrogens is 234 g/mol. The lowest BCUT2D eigenvalue weighted by Crippen LogP contribution is -2.42. The molecule has 1 fully saturated rings. The first-order chi connectivity index (χ1) is 8.01. The molecule has 3 rings (SSSR count). The van der Waals surface area contributed by atoms with Crippen LogP contribution in [0.5, 0.6) is 0 Å². The monoisotopic (exact) mass is 251 g/mol. The van der Waals surface area contributed by atoms with Crippen molar-refractivity contribution in [2.24, 2.45) is 11.7 Å². The van der Waals surface area contributed by atoms with Gasteiger partial charge in [0.05, 0.1) is 11.5 Å². The molecule has 17 heavy (non-hydrogen) atoms. The minimum atomic E-state index is -2.85. The number of sulfone groups is 1. The van der Waals surface area contributed by atoms with Gasteiger partial charge in [-0.1, -0.05) is 24.3 Å². The zero-order valence-electron chi connectivity index (χ0n) is 9.72. The summed E-state index contributed by atoms with van der Waals surface area (Å²) in [5, 5.41) is 0. The fourth-order valence-corrected chi connectivity index (χ4v) is 5.18. The van der Waals surface area contributed by atoms with Crippen LogP contribution in [0.25, 0.3) is 0 Å². The Hall–Kier alpha value is -0.870. The van der Waals surface area contributed by atoms with Crippen molar-refractivity contribution in [3.05, 3.63) is 35.4 Å². The van der Waals surface area contributed by atoms with Gasteiger partial charge >= 0.3 is 0 Å². The number of aryl methyl sites for hydroxylation is 1. The molecule has 1 saturated heterocycles. The predicted octanol–water partition coefficient (Wildman–Crippen LogP) is 1.22. The molecule has 0 radical (unpaired) electrons. The Bertz CT molecular complexity index is 552. The molecule has 0 amide bonds. The maximum Gasteiger partial charge on any atom is 0.150 e. The van der Waals surface area contributed by atoms with Crippen LogP contribution >= 0.6 is 0 Å². The van der Waals surface area contributed by atoms with Crippen LogP contribution in [0.4, 0.5) is 0 Å². The van der Waals surface area contributed by atoms with Gasteiger partial charge in [-0.2, -0.15) is 0 Å². The molecule has 2 aliphatic rings. The normalized spacial score (nSPS) is 34.8. The molecule has 1 aliphatic heterocycles. The van der Waals surface area contributed by atoms with E-state index in [9.17, 15) is 8.42 Å². The van der Waals surface area contributed by atoms with Gasteiger partial charge in [0.1, 0.15) is 0 Å². The van der Waals surface area contributed by atoms with Crippen molar-refractivity contribution in [3.8, 4) is 0 Å². The van der Waals surface area contributed by atoms with E-state index in [4.69, 9.17) is 5.73 Å². The summed E-state index contributed by atoms with van der Waals surface area (Å²) >= 11 is 0. The van der Waals surface area contributed by atoms with Gasteiger partial charge in [-0.3, -0.25) is 0 Å². The summed E-state index contributed by atoms with van der Waals surface area (Å²) in [5.74, 6) is 0.660. The molecule has 1 aliphatic carbocycles. The van der Waals surface area contributed by atoms with Crippen LogP contribution in [0.3, 0.4) is 0 Å². The maximum absolute atomic E-state index is 11.6. The Morgan fingerprint density at radius 3 is 2.76 bits per heavy atom. The SMILES string of the molecule is NC1(C2CCS(=O)(=O)C2)CCc2ccccc21. The van der Waals surface area contributed by atoms with E-state index in [0.29, 0.717) is 12.2 Å². The van der Waals surface area contributed by atoms with Gasteiger partial charge in [0, 0.05) is 5.54 Å². The van der Waals surface area contributed by atoms with Gasteiger partial charge in [-0.05, 0) is 36.3 Å². The third-order valence-corrected chi connectivity index (χ3v) is 6.06. The van der Waals surface area contributed by atoms with E-state index >= 15 is 0 Å². The Kier molecular flexibility index (Phi) is 2.35. The second-order valence-electron chi connectivity index (χ2n) is 5.30. The minimum absolute atomic E-state index is 0.0937. The molecule has 4 heteroatoms. The molecule has 1 aromatic rings. The van der Waals surface area contributed by atoms with Gasteiger partial charge in [-0.25, -0.2) is 8.42 Å². The van der Waals surface area contributed by atoms with Gasteiger partial charge in [-0.15, -0.1) is 0 Å². The van der Waals surface area contributed by atoms with Gasteiger partial charge in [0.2, 0.25) is 0 Å². The Morgan fingerprint density at radius 2 is 2.06 bits per heavy atom. The highest BCUT2D eigenvalue weighted by atomic mass is 32.2. The van der Waals surface area contributed by atoms with Crippen molar-refractivity contribution >= 4 is 9.84 Å². The molecular formula is C13H17NO2S. The predicted molar refractivity (Wildman–Crippen MR) is 67.4 cm³/mol. The van der Waals surface area contributed by atoms with Crippen molar-refractivity contribution in [1.29, 1.82) is 0 Å². The lowest BCUT2D eigenvalue weighted by molar-refractivity contribution is 0.300. The number of fused-ring (bicyclic) bond motifs is 1. The molecule has 1 heterocycles. The van der Waals surface area contributed by atoms with E-state index < -0.39 is 15.4 Å². The summed E-state index contributed by atoms with van der Waals surface area (Å²) in [6, 6.07) is 8.19. The van der Waals surface area contributed by atoms with E-state index in [2.05, 4.69) is 12.1 Å². The summed E-state index contributed by atoms with van der Waals surface area (Å²) in [4.78, 5) is 0. The van der Waals surface area contributed by atoms with Crippen LogP contribution in [0.1, 0.15) is 24.0 Å². The Labute approximate surface area is 102 Å². The number of hydrogen-bond acceptors (Lipinski definition) is 3. The molecule has 92 valence electrons. The quantitative estimate of drug-likeness (QED) is 0.816. The minimum Gasteiger partial charge on any atom is -0.321 e. The van der Waals surface area contributed by atoms with E-state index in [-0.39, 0.29) is 11.7 Å². The van der Waals surface area contributed by atoms with E-state index in [0.717, 1.165) is 12.8 Å². The molecule has 2 atom stereocenters. The molecule has 3 nitrogen and oxygen atoms in total. The fourth-order valence-electron chi connectivity index (χ4n) is 3.29. The Balaban J connectivity index is 1.99. The molecule has 0 aromatic heterocycles. The molecule has 1 aromatic carbocycles. The zero-order valence-corrected chi connectivity index (χ0v) is 10.5. The Morgan fingerprint density at radius 1 is 1.29 bits per heavy atom. The number of hydrogen-bond donors (Lipinski definition) is 1. The standard InChI is InChI=1S/C13H17NO2S/c14-13(11-6-8-17(15,16)9-11)7-5-10-3-1-2-4-12(10)13/h1-4,11H,5-9,14H2. The summed E-state index contributed by atoms with van der Waals surface area (Å²) in [5.41, 5.74) is 8.58. The second kappa shape index (κ2) is 3.56. The molecule has 0 spiro atoms. The van der Waals surface area contributed by atoms with Crippen LogP contribution in [0.2, 0.25) is 0 Å². The largest absolute Gasteiger partial charge is 0.321 e. The zero-order chi connectivity index (χ0) is 12.1. The highest BCUT2D eigenvalue weighted by molar-refractivity contribution is 7.91. The number of rotatable bonds is 1. The first-order valence-corrected chi connectivity index (χ1v) is 7.91. The van der Waals surface area contributed by atoms with Gasteiger partial charge in [0.25, 0.3) is 0 Å². The molecule has 2 unspecified atom stereocenters. The average Bonchev–Trinajstić information content (AvgIpc) is 2.82. The topological polar surface area (TPSA) is 60.2 Å². The number of nitrogens with two attached hydrogens (primary N) is 1. The third kappa shape index (κ3) is 1.70. The van der Waals surface area contributed by atoms with Crippen LogP contribution in [-0.4, -0.2) is 19.9 Å². The van der Waals surface area contributed by atoms with Crippen LogP contribution in [0, 0.1) is 5.92 Å². The second-order valence-corrected chi connectivity index (χ2v) is 7.53. The fraction of sp³-hybridized carbons (Fsp3) is 0.538. The summed E-state index contributed by atoms with van der Waals surface area (Å²) in [7, 11) is -2.85. The third-order valence-electron chi connectivity index (χ3n) is 4.29. The van der Waals surface area contributed by atoms with Gasteiger partial charge < -0.3 is 5.73 Å². The van der Waals surface area contributed by atoms with E-state index in [1.807, 2.05) is 12.1 Å². The summed E-state index contributed by atoms with van der Waals surface area (Å²) in [6.45, 7) is 0.